The number of benzene rings is 1. The minimum absolute atomic E-state index is 0.0534. The molecule has 0 saturated heterocycles. The second-order valence-corrected chi connectivity index (χ2v) is 5.40. The Bertz CT molecular complexity index is 590. The van der Waals surface area contributed by atoms with Gasteiger partial charge in [-0.25, -0.2) is 9.37 Å². The number of rotatable bonds is 1. The second-order valence-electron chi connectivity index (χ2n) is 3.29. The summed E-state index contributed by atoms with van der Waals surface area (Å²) >= 11 is 12.3. The summed E-state index contributed by atoms with van der Waals surface area (Å²) in [6.07, 6.45) is 0. The van der Waals surface area contributed by atoms with E-state index in [0.717, 1.165) is 0 Å². The molecule has 0 radical (unpaired) electrons. The highest BCUT2D eigenvalue weighted by Crippen LogP contribution is 2.34. The third-order valence-corrected chi connectivity index (χ3v) is 3.69. The lowest BCUT2D eigenvalue weighted by Gasteiger charge is -2.08. The van der Waals surface area contributed by atoms with E-state index in [1.807, 2.05) is 0 Å². The fraction of sp³-hybridized carbons (Fsp3) is 0. The molecule has 1 heterocycles. The van der Waals surface area contributed by atoms with E-state index in [-0.39, 0.29) is 5.02 Å². The summed E-state index contributed by atoms with van der Waals surface area (Å²) in [7, 11) is 0. The van der Waals surface area contributed by atoms with Gasteiger partial charge >= 0.3 is 0 Å². The predicted molar refractivity (Wildman–Crippen MR) is 74.5 cm³/mol. The lowest BCUT2D eigenvalue weighted by atomic mass is 10.1. The Kier molecular flexibility index (Phi) is 3.70. The Morgan fingerprint density at radius 3 is 2.65 bits per heavy atom. The molecule has 0 fully saturated rings. The van der Waals surface area contributed by atoms with Crippen LogP contribution in [0, 0.1) is 5.82 Å². The molecule has 1 aromatic heterocycles. The van der Waals surface area contributed by atoms with Crippen molar-refractivity contribution in [3.05, 3.63) is 44.1 Å². The van der Waals surface area contributed by atoms with Gasteiger partial charge in [-0.3, -0.25) is 0 Å². The van der Waals surface area contributed by atoms with Crippen LogP contribution in [0.1, 0.15) is 0 Å². The maximum absolute atomic E-state index is 13.9. The number of nitrogens with two attached hydrogens (primary N) is 1. The van der Waals surface area contributed by atoms with Crippen LogP contribution in [0.15, 0.2) is 33.2 Å². The molecule has 0 spiro atoms. The van der Waals surface area contributed by atoms with E-state index in [4.69, 9.17) is 17.3 Å². The topological polar surface area (TPSA) is 38.9 Å². The number of nitrogen functional groups attached to an aromatic ring is 1. The van der Waals surface area contributed by atoms with E-state index < -0.39 is 5.82 Å². The highest BCUT2D eigenvalue weighted by Gasteiger charge is 2.14. The van der Waals surface area contributed by atoms with Crippen LogP contribution in [0.25, 0.3) is 11.3 Å². The molecule has 0 atom stereocenters. The van der Waals surface area contributed by atoms with Crippen molar-refractivity contribution in [1.82, 2.24) is 4.98 Å². The summed E-state index contributed by atoms with van der Waals surface area (Å²) in [5, 5.41) is 0.0534. The molecule has 2 N–H and O–H groups in total. The van der Waals surface area contributed by atoms with Gasteiger partial charge in [-0.15, -0.1) is 0 Å². The van der Waals surface area contributed by atoms with Crippen LogP contribution in [0.3, 0.4) is 0 Å². The fourth-order valence-corrected chi connectivity index (χ4v) is 2.69. The summed E-state index contributed by atoms with van der Waals surface area (Å²) in [5.41, 5.74) is 6.41. The second kappa shape index (κ2) is 4.92. The summed E-state index contributed by atoms with van der Waals surface area (Å²) < 4.78 is 15.1. The third kappa shape index (κ3) is 2.46. The molecule has 0 saturated carbocycles. The van der Waals surface area contributed by atoms with Crippen LogP contribution in [0.4, 0.5) is 10.2 Å². The zero-order valence-corrected chi connectivity index (χ0v) is 12.3. The van der Waals surface area contributed by atoms with Crippen molar-refractivity contribution in [2.24, 2.45) is 0 Å². The quantitative estimate of drug-likeness (QED) is 0.782. The average Bonchev–Trinajstić information content (AvgIpc) is 2.28. The minimum Gasteiger partial charge on any atom is -0.383 e. The number of pyridine rings is 1. The van der Waals surface area contributed by atoms with Crippen molar-refractivity contribution < 1.29 is 4.39 Å². The van der Waals surface area contributed by atoms with Crippen molar-refractivity contribution in [3.8, 4) is 11.3 Å². The Balaban J connectivity index is 2.69. The molecule has 0 unspecified atom stereocenters. The minimum atomic E-state index is -0.510. The van der Waals surface area contributed by atoms with Crippen molar-refractivity contribution in [1.29, 1.82) is 0 Å². The number of nitrogens with zero attached hydrogens (tertiary/aromatic N) is 1. The fourth-order valence-electron chi connectivity index (χ4n) is 1.36. The van der Waals surface area contributed by atoms with Gasteiger partial charge in [-0.05, 0) is 50.1 Å². The van der Waals surface area contributed by atoms with Gasteiger partial charge in [0.05, 0.1) is 15.2 Å². The summed E-state index contributed by atoms with van der Waals surface area (Å²) in [6.45, 7) is 0. The van der Waals surface area contributed by atoms with Crippen LogP contribution < -0.4 is 5.73 Å². The molecule has 2 aromatic rings. The summed E-state index contributed by atoms with van der Waals surface area (Å²) in [6, 6.07) is 6.46. The van der Waals surface area contributed by atoms with Crippen LogP contribution in [0.5, 0.6) is 0 Å². The maximum atomic E-state index is 13.9. The number of hydrogen-bond donors (Lipinski definition) is 1. The zero-order chi connectivity index (χ0) is 12.6. The van der Waals surface area contributed by atoms with Gasteiger partial charge in [0.15, 0.2) is 5.82 Å². The number of aromatic nitrogens is 1. The molecule has 1 aromatic carbocycles. The molecular weight excluding hydrogens is 374 g/mol. The molecule has 2 rings (SSSR count). The van der Waals surface area contributed by atoms with E-state index >= 15 is 0 Å². The summed E-state index contributed by atoms with van der Waals surface area (Å²) in [5.74, 6) is -0.216. The molecule has 0 aliphatic rings. The molecule has 17 heavy (non-hydrogen) atoms. The summed E-state index contributed by atoms with van der Waals surface area (Å²) in [4.78, 5) is 4.13. The van der Waals surface area contributed by atoms with Gasteiger partial charge < -0.3 is 5.73 Å². The van der Waals surface area contributed by atoms with Gasteiger partial charge in [0, 0.05) is 10.0 Å². The number of hydrogen-bond acceptors (Lipinski definition) is 2. The molecule has 88 valence electrons. The van der Waals surface area contributed by atoms with E-state index in [0.29, 0.717) is 26.0 Å². The first-order chi connectivity index (χ1) is 8.00. The van der Waals surface area contributed by atoms with Gasteiger partial charge in [0.1, 0.15) is 5.82 Å². The van der Waals surface area contributed by atoms with Crippen molar-refractivity contribution in [2.45, 2.75) is 0 Å². The van der Waals surface area contributed by atoms with Crippen molar-refractivity contribution in [3.63, 3.8) is 0 Å². The van der Waals surface area contributed by atoms with Crippen molar-refractivity contribution in [2.75, 3.05) is 5.73 Å². The van der Waals surface area contributed by atoms with Gasteiger partial charge in [-0.2, -0.15) is 0 Å². The maximum Gasteiger partial charge on any atom is 0.151 e. The Morgan fingerprint density at radius 2 is 1.94 bits per heavy atom. The largest absolute Gasteiger partial charge is 0.383 e. The van der Waals surface area contributed by atoms with Gasteiger partial charge in [0.2, 0.25) is 0 Å². The average molecular weight is 380 g/mol. The van der Waals surface area contributed by atoms with Crippen LogP contribution >= 0.6 is 43.5 Å². The molecule has 0 bridgehead atoms. The van der Waals surface area contributed by atoms with E-state index in [9.17, 15) is 4.39 Å². The molecule has 6 heteroatoms. The standard InChI is InChI=1S/C11H6Br2ClFN2/c12-6-4-7(13)11(16)17-10(6)5-2-1-3-8(14)9(5)15/h1-4H,(H2,16,17). The molecule has 0 aliphatic heterocycles. The van der Waals surface area contributed by atoms with Crippen molar-refractivity contribution >= 4 is 49.3 Å². The predicted octanol–water partition coefficient (Wildman–Crippen LogP) is 4.65. The van der Waals surface area contributed by atoms with Crippen LogP contribution in [-0.2, 0) is 0 Å². The zero-order valence-electron chi connectivity index (χ0n) is 8.35. The van der Waals surface area contributed by atoms with E-state index in [2.05, 4.69) is 36.8 Å². The van der Waals surface area contributed by atoms with Crippen LogP contribution in [-0.4, -0.2) is 4.98 Å². The first kappa shape index (κ1) is 12.8. The van der Waals surface area contributed by atoms with E-state index in [1.165, 1.54) is 6.07 Å². The highest BCUT2D eigenvalue weighted by molar-refractivity contribution is 9.11. The Morgan fingerprint density at radius 1 is 1.24 bits per heavy atom. The Labute approximate surface area is 119 Å². The third-order valence-electron chi connectivity index (χ3n) is 2.16. The first-order valence-electron chi connectivity index (χ1n) is 4.56. The lowest BCUT2D eigenvalue weighted by Crippen LogP contribution is -1.96. The van der Waals surface area contributed by atoms with Gasteiger partial charge in [-0.1, -0.05) is 17.7 Å². The first-order valence-corrected chi connectivity index (χ1v) is 6.53. The lowest BCUT2D eigenvalue weighted by molar-refractivity contribution is 0.631. The highest BCUT2D eigenvalue weighted by atomic mass is 79.9. The van der Waals surface area contributed by atoms with Crippen LogP contribution in [0.2, 0.25) is 5.02 Å². The monoisotopic (exact) mass is 378 g/mol. The smallest absolute Gasteiger partial charge is 0.151 e. The van der Waals surface area contributed by atoms with Gasteiger partial charge in [0.25, 0.3) is 0 Å². The number of anilines is 1. The normalized spacial score (nSPS) is 10.6. The van der Waals surface area contributed by atoms with E-state index in [1.54, 1.807) is 18.2 Å². The molecular formula is C11H6Br2ClFN2. The number of halogens is 4. The molecule has 2 nitrogen and oxygen atoms in total. The Hall–Kier alpha value is -0.650. The SMILES string of the molecule is Nc1nc(-c2cccc(Cl)c2F)c(Br)cc1Br. The molecule has 0 aliphatic carbocycles. The molecule has 0 amide bonds.